The third-order valence-electron chi connectivity index (χ3n) is 4.77. The molecule has 3 rings (SSSR count). The molecule has 0 aliphatic heterocycles. The van der Waals surface area contributed by atoms with Crippen LogP contribution in [0.5, 0.6) is 0 Å². The molecule has 2 amide bonds. The topological polar surface area (TPSA) is 58.2 Å². The molecule has 0 radical (unpaired) electrons. The molecule has 190 valence electrons. The van der Waals surface area contributed by atoms with E-state index in [-0.39, 0.29) is 23.4 Å². The molecular formula is C23H13BrF8N2O2. The second-order valence-corrected chi connectivity index (χ2v) is 8.16. The van der Waals surface area contributed by atoms with Crippen LogP contribution in [0.4, 0.5) is 46.5 Å². The number of carbonyl (C=O) groups is 2. The Morgan fingerprint density at radius 1 is 0.694 bits per heavy atom. The minimum absolute atomic E-state index is 0.117. The summed E-state index contributed by atoms with van der Waals surface area (Å²) in [6.45, 7) is 0. The molecule has 36 heavy (non-hydrogen) atoms. The van der Waals surface area contributed by atoms with Gasteiger partial charge in [0.25, 0.3) is 11.8 Å². The summed E-state index contributed by atoms with van der Waals surface area (Å²) in [5.41, 5.74) is -4.76. The lowest BCUT2D eigenvalue weighted by Crippen LogP contribution is -2.34. The molecule has 4 nitrogen and oxygen atoms in total. The van der Waals surface area contributed by atoms with Crippen molar-refractivity contribution >= 4 is 39.1 Å². The van der Waals surface area contributed by atoms with Crippen LogP contribution in [0, 0.1) is 0 Å². The van der Waals surface area contributed by atoms with E-state index >= 15 is 0 Å². The third-order valence-corrected chi connectivity index (χ3v) is 5.40. The summed E-state index contributed by atoms with van der Waals surface area (Å²) in [6.07, 6.45) is -11.5. The Morgan fingerprint density at radius 2 is 1.28 bits per heavy atom. The second kappa shape index (κ2) is 9.88. The number of benzene rings is 3. The molecule has 0 heterocycles. The van der Waals surface area contributed by atoms with Gasteiger partial charge >= 0.3 is 18.3 Å². The van der Waals surface area contributed by atoms with Crippen molar-refractivity contribution in [1.29, 1.82) is 0 Å². The van der Waals surface area contributed by atoms with Gasteiger partial charge in [0.2, 0.25) is 0 Å². The fraction of sp³-hybridized carbons (Fsp3) is 0.130. The van der Waals surface area contributed by atoms with Gasteiger partial charge in [-0.05, 0) is 58.4 Å². The lowest BCUT2D eigenvalue weighted by atomic mass is 10.0. The van der Waals surface area contributed by atoms with E-state index in [1.165, 1.54) is 30.3 Å². The number of anilines is 2. The Kier molecular flexibility index (Phi) is 7.44. The predicted octanol–water partition coefficient (Wildman–Crippen LogP) is 7.63. The van der Waals surface area contributed by atoms with Gasteiger partial charge in [-0.15, -0.1) is 0 Å². The molecular weight excluding hydrogens is 568 g/mol. The normalized spacial score (nSPS) is 12.2. The fourth-order valence-electron chi connectivity index (χ4n) is 3.02. The van der Waals surface area contributed by atoms with Crippen LogP contribution >= 0.6 is 15.9 Å². The minimum Gasteiger partial charge on any atom is -0.322 e. The van der Waals surface area contributed by atoms with E-state index in [9.17, 15) is 44.7 Å². The molecule has 0 fully saturated rings. The van der Waals surface area contributed by atoms with Crippen molar-refractivity contribution < 1.29 is 44.7 Å². The van der Waals surface area contributed by atoms with E-state index in [0.717, 1.165) is 6.07 Å². The number of nitrogens with one attached hydrogen (secondary N) is 2. The third kappa shape index (κ3) is 5.83. The van der Waals surface area contributed by atoms with Gasteiger partial charge in [0, 0.05) is 26.9 Å². The van der Waals surface area contributed by atoms with Crippen molar-refractivity contribution in [3.05, 3.63) is 93.5 Å². The van der Waals surface area contributed by atoms with Crippen molar-refractivity contribution in [3.8, 4) is 0 Å². The van der Waals surface area contributed by atoms with Gasteiger partial charge in [-0.25, -0.2) is 0 Å². The zero-order valence-corrected chi connectivity index (χ0v) is 19.2. The van der Waals surface area contributed by atoms with Crippen molar-refractivity contribution in [2.75, 3.05) is 10.6 Å². The molecule has 0 aliphatic rings. The Hall–Kier alpha value is -3.48. The first-order valence-electron chi connectivity index (χ1n) is 9.75. The molecule has 0 saturated heterocycles. The van der Waals surface area contributed by atoms with Crippen molar-refractivity contribution in [3.63, 3.8) is 0 Å². The van der Waals surface area contributed by atoms with Crippen molar-refractivity contribution in [2.45, 2.75) is 18.3 Å². The highest BCUT2D eigenvalue weighted by Crippen LogP contribution is 2.48. The maximum absolute atomic E-state index is 13.7. The fourth-order valence-corrected chi connectivity index (χ4v) is 3.58. The van der Waals surface area contributed by atoms with E-state index in [4.69, 9.17) is 0 Å². The zero-order valence-electron chi connectivity index (χ0n) is 17.6. The molecule has 2 N–H and O–H groups in total. The molecule has 0 spiro atoms. The van der Waals surface area contributed by atoms with E-state index < -0.39 is 51.4 Å². The van der Waals surface area contributed by atoms with Gasteiger partial charge in [0.15, 0.2) is 0 Å². The summed E-state index contributed by atoms with van der Waals surface area (Å²) in [5.74, 6) is -7.26. The van der Waals surface area contributed by atoms with E-state index in [1.54, 1.807) is 18.2 Å². The molecule has 13 heteroatoms. The number of hydrogen-bond donors (Lipinski definition) is 2. The molecule has 0 unspecified atom stereocenters. The average Bonchev–Trinajstić information content (AvgIpc) is 2.79. The standard InChI is InChI=1S/C23H13BrF8N2O2/c24-17-11-14(21(25,26)23(30,31)32)10-16(22(27,28)29)18(17)34-20(36)13-7-4-8-15(9-13)33-19(35)12-5-2-1-3-6-12/h1-11H,(H,33,35)(H,34,36). The first-order valence-corrected chi connectivity index (χ1v) is 10.5. The Bertz CT molecular complexity index is 1290. The SMILES string of the molecule is O=C(Nc1cccc(C(=O)Nc2c(Br)cc(C(F)(F)C(F)(F)F)cc2C(F)(F)F)c1)c1ccccc1. The van der Waals surface area contributed by atoms with Crippen molar-refractivity contribution in [1.82, 2.24) is 0 Å². The smallest absolute Gasteiger partial charge is 0.322 e. The summed E-state index contributed by atoms with van der Waals surface area (Å²) >= 11 is 2.55. The maximum Gasteiger partial charge on any atom is 0.458 e. The Morgan fingerprint density at radius 3 is 1.86 bits per heavy atom. The van der Waals surface area contributed by atoms with Gasteiger partial charge in [0.1, 0.15) is 0 Å². The number of amides is 2. The van der Waals surface area contributed by atoms with Crippen LogP contribution in [0.3, 0.4) is 0 Å². The van der Waals surface area contributed by atoms with E-state index in [1.807, 2.05) is 5.32 Å². The largest absolute Gasteiger partial charge is 0.458 e. The Balaban J connectivity index is 1.93. The van der Waals surface area contributed by atoms with Crippen LogP contribution in [-0.4, -0.2) is 18.0 Å². The molecule has 0 atom stereocenters. The van der Waals surface area contributed by atoms with Crippen LogP contribution < -0.4 is 10.6 Å². The van der Waals surface area contributed by atoms with Crippen LogP contribution in [0.1, 0.15) is 31.8 Å². The highest BCUT2D eigenvalue weighted by atomic mass is 79.9. The van der Waals surface area contributed by atoms with Gasteiger partial charge < -0.3 is 10.6 Å². The second-order valence-electron chi connectivity index (χ2n) is 7.31. The Labute approximate surface area is 206 Å². The number of alkyl halides is 8. The molecule has 0 aliphatic carbocycles. The quantitative estimate of drug-likeness (QED) is 0.305. The minimum atomic E-state index is -6.15. The maximum atomic E-state index is 13.7. The van der Waals surface area contributed by atoms with E-state index in [2.05, 4.69) is 21.2 Å². The number of carbonyl (C=O) groups excluding carboxylic acids is 2. The molecule has 0 saturated carbocycles. The molecule has 0 bridgehead atoms. The number of hydrogen-bond acceptors (Lipinski definition) is 2. The molecule has 0 aromatic heterocycles. The number of rotatable bonds is 5. The lowest BCUT2D eigenvalue weighted by Gasteiger charge is -2.23. The summed E-state index contributed by atoms with van der Waals surface area (Å²) in [5, 5.41) is 4.39. The van der Waals surface area contributed by atoms with Crippen LogP contribution in [0.25, 0.3) is 0 Å². The summed E-state index contributed by atoms with van der Waals surface area (Å²) in [4.78, 5) is 24.9. The highest BCUT2D eigenvalue weighted by Gasteiger charge is 2.59. The lowest BCUT2D eigenvalue weighted by molar-refractivity contribution is -0.289. The summed E-state index contributed by atoms with van der Waals surface area (Å²) in [6, 6.07) is 12.8. The van der Waals surface area contributed by atoms with Gasteiger partial charge in [-0.3, -0.25) is 9.59 Å². The monoisotopic (exact) mass is 580 g/mol. The van der Waals surface area contributed by atoms with Gasteiger partial charge in [0.05, 0.1) is 11.3 Å². The highest BCUT2D eigenvalue weighted by molar-refractivity contribution is 9.10. The number of halogens is 9. The van der Waals surface area contributed by atoms with Gasteiger partial charge in [-0.2, -0.15) is 35.1 Å². The van der Waals surface area contributed by atoms with Crippen LogP contribution in [0.2, 0.25) is 0 Å². The van der Waals surface area contributed by atoms with Crippen LogP contribution in [-0.2, 0) is 12.1 Å². The van der Waals surface area contributed by atoms with E-state index in [0.29, 0.717) is 5.56 Å². The molecule has 3 aromatic carbocycles. The summed E-state index contributed by atoms with van der Waals surface area (Å²) in [7, 11) is 0. The first-order chi connectivity index (χ1) is 16.6. The van der Waals surface area contributed by atoms with Gasteiger partial charge in [-0.1, -0.05) is 24.3 Å². The predicted molar refractivity (Wildman–Crippen MR) is 118 cm³/mol. The molecule has 3 aromatic rings. The van der Waals surface area contributed by atoms with Crippen molar-refractivity contribution in [2.24, 2.45) is 0 Å². The summed E-state index contributed by atoms with van der Waals surface area (Å²) < 4.78 is 105. The van der Waals surface area contributed by atoms with Crippen LogP contribution in [0.15, 0.2) is 71.2 Å². The average molecular weight is 581 g/mol. The first kappa shape index (κ1) is 27.1. The zero-order chi connectivity index (χ0) is 26.9.